The minimum Gasteiger partial charge on any atom is -0.0936 e. The molecule has 0 fully saturated rings. The third kappa shape index (κ3) is 5.53. The Labute approximate surface area is 56.1 Å². The largest absolute Gasteiger partial charge is 0.0936 e. The smallest absolute Gasteiger partial charge is 0.0303 e. The van der Waals surface area contributed by atoms with Crippen molar-refractivity contribution in [1.82, 2.24) is 0 Å². The number of azide groups is 1. The van der Waals surface area contributed by atoms with Crippen LogP contribution >= 0.6 is 15.9 Å². The van der Waals surface area contributed by atoms with E-state index in [9.17, 15) is 0 Å². The molecule has 0 radical (unpaired) electrons. The first-order chi connectivity index (χ1) is 3.77. The van der Waals surface area contributed by atoms with Crippen LogP contribution in [0.4, 0.5) is 0 Å². The summed E-state index contributed by atoms with van der Waals surface area (Å²) in [5, 5.41) is 3.30. The molecule has 3 nitrogen and oxygen atoms in total. The van der Waals surface area contributed by atoms with Crippen molar-refractivity contribution in [1.29, 1.82) is 0 Å². The molecule has 0 spiro atoms. The second kappa shape index (κ2) is 4.68. The molecule has 0 aromatic heterocycles. The van der Waals surface area contributed by atoms with Crippen LogP contribution in [0.15, 0.2) is 16.2 Å². The highest BCUT2D eigenvalue weighted by Gasteiger charge is 1.82. The van der Waals surface area contributed by atoms with Gasteiger partial charge in [0.2, 0.25) is 0 Å². The van der Waals surface area contributed by atoms with E-state index in [0.717, 1.165) is 4.48 Å². The average Bonchev–Trinajstić information content (AvgIpc) is 1.66. The molecule has 0 saturated carbocycles. The van der Waals surface area contributed by atoms with Crippen LogP contribution in [0.2, 0.25) is 0 Å². The molecule has 0 aromatic rings. The van der Waals surface area contributed by atoms with Crippen molar-refractivity contribution < 1.29 is 0 Å². The van der Waals surface area contributed by atoms with Crippen LogP contribution in [0.5, 0.6) is 0 Å². The lowest BCUT2D eigenvalue weighted by Gasteiger charge is -1.85. The Morgan fingerprint density at radius 2 is 2.50 bits per heavy atom. The number of hydrogen-bond donors (Lipinski definition) is 0. The van der Waals surface area contributed by atoms with Gasteiger partial charge in [0.15, 0.2) is 0 Å². The topological polar surface area (TPSA) is 48.8 Å². The highest BCUT2D eigenvalue weighted by atomic mass is 79.9. The van der Waals surface area contributed by atoms with Gasteiger partial charge in [-0.15, -0.1) is 0 Å². The third-order valence-corrected chi connectivity index (χ3v) is 0.943. The molecule has 0 unspecified atom stereocenters. The van der Waals surface area contributed by atoms with Crippen molar-refractivity contribution in [2.24, 2.45) is 5.11 Å². The molecule has 4 heteroatoms. The first-order valence-electron chi connectivity index (χ1n) is 2.11. The van der Waals surface area contributed by atoms with Gasteiger partial charge in [0.05, 0.1) is 0 Å². The fourth-order valence-corrected chi connectivity index (χ4v) is 0.393. The quantitative estimate of drug-likeness (QED) is 0.360. The maximum Gasteiger partial charge on any atom is 0.0303 e. The van der Waals surface area contributed by atoms with Crippen molar-refractivity contribution in [2.45, 2.75) is 6.42 Å². The van der Waals surface area contributed by atoms with E-state index in [-0.39, 0.29) is 0 Å². The number of hydrogen-bond acceptors (Lipinski definition) is 1. The summed E-state index contributed by atoms with van der Waals surface area (Å²) in [4.78, 5) is 2.57. The predicted octanol–water partition coefficient (Wildman–Crippen LogP) is 2.60. The summed E-state index contributed by atoms with van der Waals surface area (Å²) in [6.07, 6.45) is 0.712. The normalized spacial score (nSPS) is 7.62. The second-order valence-corrected chi connectivity index (χ2v) is 2.34. The maximum absolute atomic E-state index is 7.79. The van der Waals surface area contributed by atoms with E-state index in [2.05, 4.69) is 32.5 Å². The van der Waals surface area contributed by atoms with E-state index < -0.39 is 0 Å². The summed E-state index contributed by atoms with van der Waals surface area (Å²) in [5.74, 6) is 0. The van der Waals surface area contributed by atoms with Gasteiger partial charge in [0.25, 0.3) is 0 Å². The Hall–Kier alpha value is -0.470. The van der Waals surface area contributed by atoms with Crippen LogP contribution in [-0.4, -0.2) is 6.54 Å². The third-order valence-electron chi connectivity index (χ3n) is 0.546. The van der Waals surface area contributed by atoms with Crippen molar-refractivity contribution in [2.75, 3.05) is 6.54 Å². The SMILES string of the molecule is C=C(Br)CCN=[N+]=[N-]. The summed E-state index contributed by atoms with van der Waals surface area (Å²) in [6.45, 7) is 4.05. The van der Waals surface area contributed by atoms with Crippen LogP contribution in [0.3, 0.4) is 0 Å². The van der Waals surface area contributed by atoms with Crippen molar-refractivity contribution in [3.8, 4) is 0 Å². The summed E-state index contributed by atoms with van der Waals surface area (Å²) >= 11 is 3.13. The molecule has 0 heterocycles. The molecule has 0 bridgehead atoms. The Morgan fingerprint density at radius 3 is 2.88 bits per heavy atom. The lowest BCUT2D eigenvalue weighted by molar-refractivity contribution is 0.987. The van der Waals surface area contributed by atoms with Gasteiger partial charge in [-0.3, -0.25) is 0 Å². The molecule has 0 amide bonds. The number of nitrogens with zero attached hydrogens (tertiary/aromatic N) is 3. The summed E-state index contributed by atoms with van der Waals surface area (Å²) < 4.78 is 0.866. The van der Waals surface area contributed by atoms with Gasteiger partial charge in [-0.1, -0.05) is 27.6 Å². The molecule has 0 N–H and O–H groups in total. The van der Waals surface area contributed by atoms with Crippen LogP contribution < -0.4 is 0 Å². The zero-order chi connectivity index (χ0) is 6.41. The molecule has 0 rings (SSSR count). The first-order valence-corrected chi connectivity index (χ1v) is 2.91. The predicted molar refractivity (Wildman–Crippen MR) is 36.7 cm³/mol. The van der Waals surface area contributed by atoms with Crippen molar-refractivity contribution in [3.05, 3.63) is 21.5 Å². The van der Waals surface area contributed by atoms with E-state index in [1.54, 1.807) is 0 Å². The Morgan fingerprint density at radius 1 is 1.88 bits per heavy atom. The molecule has 0 saturated heterocycles. The molecule has 0 aliphatic carbocycles. The van der Waals surface area contributed by atoms with Crippen LogP contribution in [0.25, 0.3) is 10.4 Å². The maximum atomic E-state index is 7.79. The van der Waals surface area contributed by atoms with E-state index >= 15 is 0 Å². The van der Waals surface area contributed by atoms with E-state index in [4.69, 9.17) is 5.53 Å². The van der Waals surface area contributed by atoms with Gasteiger partial charge in [0.1, 0.15) is 0 Å². The van der Waals surface area contributed by atoms with Crippen molar-refractivity contribution >= 4 is 15.9 Å². The molecule has 44 valence electrons. The Kier molecular flexibility index (Phi) is 4.41. The molecular weight excluding hydrogens is 170 g/mol. The van der Waals surface area contributed by atoms with Gasteiger partial charge in [0, 0.05) is 11.5 Å². The fourth-order valence-electron chi connectivity index (χ4n) is 0.216. The van der Waals surface area contributed by atoms with Crippen molar-refractivity contribution in [3.63, 3.8) is 0 Å². The first kappa shape index (κ1) is 7.53. The zero-order valence-corrected chi connectivity index (χ0v) is 5.93. The van der Waals surface area contributed by atoms with Crippen LogP contribution in [0, 0.1) is 0 Å². The zero-order valence-electron chi connectivity index (χ0n) is 4.34. The van der Waals surface area contributed by atoms with Gasteiger partial charge in [-0.05, 0) is 16.4 Å². The van der Waals surface area contributed by atoms with Crippen LogP contribution in [0.1, 0.15) is 6.42 Å². The summed E-state index contributed by atoms with van der Waals surface area (Å²) in [5.41, 5.74) is 7.79. The lowest BCUT2D eigenvalue weighted by atomic mass is 10.4. The van der Waals surface area contributed by atoms with E-state index in [1.807, 2.05) is 0 Å². The highest BCUT2D eigenvalue weighted by Crippen LogP contribution is 2.05. The number of halogens is 1. The molecule has 0 aliphatic rings. The van der Waals surface area contributed by atoms with Gasteiger partial charge in [-0.2, -0.15) is 0 Å². The second-order valence-electron chi connectivity index (χ2n) is 1.22. The molecule has 8 heavy (non-hydrogen) atoms. The van der Waals surface area contributed by atoms with Gasteiger partial charge in [-0.25, -0.2) is 0 Å². The lowest BCUT2D eigenvalue weighted by Crippen LogP contribution is -1.74. The Bertz CT molecular complexity index is 123. The standard InChI is InChI=1S/C4H6BrN3/c1-4(5)2-3-7-8-6/h1-3H2. The molecule has 0 atom stereocenters. The monoisotopic (exact) mass is 175 g/mol. The van der Waals surface area contributed by atoms with E-state index in [1.165, 1.54) is 0 Å². The Balaban J connectivity index is 3.18. The number of rotatable bonds is 3. The molecule has 0 aromatic carbocycles. The average molecular weight is 176 g/mol. The van der Waals surface area contributed by atoms with Gasteiger partial charge < -0.3 is 0 Å². The minimum absolute atomic E-state index is 0.487. The van der Waals surface area contributed by atoms with Gasteiger partial charge >= 0.3 is 0 Å². The fraction of sp³-hybridized carbons (Fsp3) is 0.500. The van der Waals surface area contributed by atoms with Crippen LogP contribution in [-0.2, 0) is 0 Å². The molecular formula is C4H6BrN3. The highest BCUT2D eigenvalue weighted by molar-refractivity contribution is 9.11. The summed E-state index contributed by atoms with van der Waals surface area (Å²) in [6, 6.07) is 0. The van der Waals surface area contributed by atoms with E-state index in [0.29, 0.717) is 13.0 Å². The summed E-state index contributed by atoms with van der Waals surface area (Å²) in [7, 11) is 0. The minimum atomic E-state index is 0.487. The molecule has 0 aliphatic heterocycles.